The Morgan fingerprint density at radius 3 is 2.49 bits per heavy atom. The fourth-order valence-corrected chi connectivity index (χ4v) is 5.36. The summed E-state index contributed by atoms with van der Waals surface area (Å²) in [6, 6.07) is 14.3. The fraction of sp³-hybridized carbons (Fsp3) is 0.296. The van der Waals surface area contributed by atoms with Gasteiger partial charge < -0.3 is 16.0 Å². The Morgan fingerprint density at radius 1 is 1.11 bits per heavy atom. The van der Waals surface area contributed by atoms with Gasteiger partial charge in [-0.25, -0.2) is 4.39 Å². The average molecular weight is 493 g/mol. The van der Waals surface area contributed by atoms with Gasteiger partial charge in [-0.05, 0) is 73.2 Å². The van der Waals surface area contributed by atoms with Crippen LogP contribution in [0, 0.1) is 5.82 Å². The SMILES string of the molecule is NC(c1ccc(C(=O)Nc2ccncc2)cc1)C1CCCN1C(=O)C1(c2ccc(F)cc2Cl)CC1. The van der Waals surface area contributed by atoms with Gasteiger partial charge in [-0.2, -0.15) is 0 Å². The van der Waals surface area contributed by atoms with Gasteiger partial charge in [0.2, 0.25) is 5.91 Å². The zero-order valence-electron chi connectivity index (χ0n) is 19.1. The summed E-state index contributed by atoms with van der Waals surface area (Å²) >= 11 is 6.32. The number of halogens is 2. The van der Waals surface area contributed by atoms with Gasteiger partial charge in [0.1, 0.15) is 5.82 Å². The summed E-state index contributed by atoms with van der Waals surface area (Å²) < 4.78 is 13.6. The van der Waals surface area contributed by atoms with Crippen LogP contribution in [0.1, 0.15) is 53.2 Å². The second-order valence-electron chi connectivity index (χ2n) is 9.25. The number of amides is 2. The number of rotatable bonds is 6. The molecule has 5 rings (SSSR count). The van der Waals surface area contributed by atoms with E-state index in [0.717, 1.165) is 18.4 Å². The molecule has 3 aromatic rings. The number of nitrogens with one attached hydrogen (secondary N) is 1. The molecule has 180 valence electrons. The molecule has 2 atom stereocenters. The number of carbonyl (C=O) groups excluding carboxylic acids is 2. The van der Waals surface area contributed by atoms with Crippen molar-refractivity contribution in [3.05, 3.63) is 94.5 Å². The van der Waals surface area contributed by atoms with Crippen molar-refractivity contribution in [2.45, 2.75) is 43.2 Å². The molecular formula is C27H26ClFN4O2. The number of carbonyl (C=O) groups is 2. The molecule has 2 fully saturated rings. The zero-order valence-corrected chi connectivity index (χ0v) is 19.8. The molecular weight excluding hydrogens is 467 g/mol. The molecule has 8 heteroatoms. The number of hydrogen-bond acceptors (Lipinski definition) is 4. The van der Waals surface area contributed by atoms with Gasteiger partial charge in [-0.3, -0.25) is 14.6 Å². The van der Waals surface area contributed by atoms with E-state index in [9.17, 15) is 14.0 Å². The van der Waals surface area contributed by atoms with Gasteiger partial charge in [-0.15, -0.1) is 0 Å². The summed E-state index contributed by atoms with van der Waals surface area (Å²) in [5.74, 6) is -0.626. The minimum atomic E-state index is -0.692. The van der Waals surface area contributed by atoms with Crippen LogP contribution in [0.2, 0.25) is 5.02 Å². The van der Waals surface area contributed by atoms with Crippen molar-refractivity contribution in [3.8, 4) is 0 Å². The highest BCUT2D eigenvalue weighted by Crippen LogP contribution is 2.53. The van der Waals surface area contributed by atoms with E-state index in [0.29, 0.717) is 36.2 Å². The Bertz CT molecular complexity index is 1250. The third kappa shape index (κ3) is 4.54. The maximum absolute atomic E-state index is 13.7. The Morgan fingerprint density at radius 2 is 1.83 bits per heavy atom. The molecule has 3 N–H and O–H groups in total. The predicted molar refractivity (Wildman–Crippen MR) is 133 cm³/mol. The van der Waals surface area contributed by atoms with Crippen LogP contribution < -0.4 is 11.1 Å². The minimum Gasteiger partial charge on any atom is -0.337 e. The number of aromatic nitrogens is 1. The topological polar surface area (TPSA) is 88.3 Å². The molecule has 0 spiro atoms. The highest BCUT2D eigenvalue weighted by atomic mass is 35.5. The second kappa shape index (κ2) is 9.40. The number of hydrogen-bond donors (Lipinski definition) is 2. The molecule has 35 heavy (non-hydrogen) atoms. The van der Waals surface area contributed by atoms with Crippen molar-refractivity contribution in [1.82, 2.24) is 9.88 Å². The number of likely N-dealkylation sites (tertiary alicyclic amines) is 1. The molecule has 6 nitrogen and oxygen atoms in total. The van der Waals surface area contributed by atoms with Crippen LogP contribution in [0.15, 0.2) is 67.0 Å². The molecule has 2 unspecified atom stereocenters. The summed E-state index contributed by atoms with van der Waals surface area (Å²) in [6.07, 6.45) is 6.27. The maximum Gasteiger partial charge on any atom is 0.255 e. The van der Waals surface area contributed by atoms with Crippen molar-refractivity contribution in [3.63, 3.8) is 0 Å². The summed E-state index contributed by atoms with van der Waals surface area (Å²) in [5, 5.41) is 3.12. The van der Waals surface area contributed by atoms with Crippen LogP contribution in [0.4, 0.5) is 10.1 Å². The molecule has 2 aromatic carbocycles. The lowest BCUT2D eigenvalue weighted by Crippen LogP contribution is -2.46. The molecule has 1 aliphatic carbocycles. The van der Waals surface area contributed by atoms with Crippen molar-refractivity contribution in [2.75, 3.05) is 11.9 Å². The summed E-state index contributed by atoms with van der Waals surface area (Å²) in [6.45, 7) is 0.629. The number of pyridine rings is 1. The predicted octanol–water partition coefficient (Wildman–Crippen LogP) is 4.85. The molecule has 1 saturated carbocycles. The van der Waals surface area contributed by atoms with E-state index in [1.165, 1.54) is 12.1 Å². The third-order valence-electron chi connectivity index (χ3n) is 7.08. The van der Waals surface area contributed by atoms with Gasteiger partial charge in [-0.1, -0.05) is 29.8 Å². The lowest BCUT2D eigenvalue weighted by molar-refractivity contribution is -0.135. The standard InChI is InChI=1S/C27H26ClFN4O2/c28-22-16-19(29)7-8-21(22)27(11-12-27)26(35)33-15-1-2-23(33)24(30)17-3-5-18(6-4-17)25(34)32-20-9-13-31-14-10-20/h3-10,13-14,16,23-24H,1-2,11-12,15,30H2,(H,31,32,34). The van der Waals surface area contributed by atoms with Gasteiger partial charge >= 0.3 is 0 Å². The molecule has 1 aliphatic heterocycles. The Kier molecular flexibility index (Phi) is 6.30. The van der Waals surface area contributed by atoms with Gasteiger partial charge in [0, 0.05) is 35.2 Å². The van der Waals surface area contributed by atoms with Crippen LogP contribution in [-0.4, -0.2) is 34.3 Å². The lowest BCUT2D eigenvalue weighted by Gasteiger charge is -2.33. The van der Waals surface area contributed by atoms with E-state index in [4.69, 9.17) is 17.3 Å². The third-order valence-corrected chi connectivity index (χ3v) is 7.39. The van der Waals surface area contributed by atoms with Gasteiger partial charge in [0.05, 0.1) is 17.5 Å². The van der Waals surface area contributed by atoms with Crippen molar-refractivity contribution in [2.24, 2.45) is 5.73 Å². The molecule has 1 saturated heterocycles. The van der Waals surface area contributed by atoms with Crippen LogP contribution >= 0.6 is 11.6 Å². The molecule has 1 aromatic heterocycles. The van der Waals surface area contributed by atoms with E-state index >= 15 is 0 Å². The van der Waals surface area contributed by atoms with E-state index in [-0.39, 0.29) is 22.9 Å². The minimum absolute atomic E-state index is 0.0114. The van der Waals surface area contributed by atoms with E-state index in [1.807, 2.05) is 17.0 Å². The molecule has 2 heterocycles. The fourth-order valence-electron chi connectivity index (χ4n) is 5.01. The zero-order chi connectivity index (χ0) is 24.6. The largest absolute Gasteiger partial charge is 0.337 e. The smallest absolute Gasteiger partial charge is 0.255 e. The highest BCUT2D eigenvalue weighted by molar-refractivity contribution is 6.32. The second-order valence-corrected chi connectivity index (χ2v) is 9.66. The van der Waals surface area contributed by atoms with Crippen molar-refractivity contribution in [1.29, 1.82) is 0 Å². The van der Waals surface area contributed by atoms with Crippen LogP contribution in [0.3, 0.4) is 0 Å². The summed E-state index contributed by atoms with van der Waals surface area (Å²) in [4.78, 5) is 32.1. The van der Waals surface area contributed by atoms with Crippen LogP contribution in [0.25, 0.3) is 0 Å². The number of nitrogens with two attached hydrogens (primary N) is 1. The average Bonchev–Trinajstić information content (AvgIpc) is 3.52. The monoisotopic (exact) mass is 492 g/mol. The molecule has 2 amide bonds. The lowest BCUT2D eigenvalue weighted by atomic mass is 9.92. The quantitative estimate of drug-likeness (QED) is 0.515. The summed E-state index contributed by atoms with van der Waals surface area (Å²) in [7, 11) is 0. The van der Waals surface area contributed by atoms with Crippen LogP contribution in [0.5, 0.6) is 0 Å². The first-order chi connectivity index (χ1) is 16.9. The highest BCUT2D eigenvalue weighted by Gasteiger charge is 2.55. The first-order valence-corrected chi connectivity index (χ1v) is 12.1. The first kappa shape index (κ1) is 23.5. The van der Waals surface area contributed by atoms with Gasteiger partial charge in [0.25, 0.3) is 5.91 Å². The Labute approximate surface area is 208 Å². The Balaban J connectivity index is 1.31. The van der Waals surface area contributed by atoms with Crippen molar-refractivity contribution >= 4 is 29.1 Å². The first-order valence-electron chi connectivity index (χ1n) is 11.7. The van der Waals surface area contributed by atoms with E-state index in [1.54, 1.807) is 42.7 Å². The number of anilines is 1. The van der Waals surface area contributed by atoms with Gasteiger partial charge in [0.15, 0.2) is 0 Å². The summed E-state index contributed by atoms with van der Waals surface area (Å²) in [5.41, 5.74) is 8.69. The molecule has 2 aliphatic rings. The van der Waals surface area contributed by atoms with Crippen LogP contribution in [-0.2, 0) is 10.2 Å². The van der Waals surface area contributed by atoms with Crippen molar-refractivity contribution < 1.29 is 14.0 Å². The molecule has 0 radical (unpaired) electrons. The molecule has 0 bridgehead atoms. The Hall–Kier alpha value is -3.29. The normalized spacial score (nSPS) is 19.3. The number of benzene rings is 2. The van der Waals surface area contributed by atoms with E-state index < -0.39 is 17.3 Å². The number of nitrogens with zero attached hydrogens (tertiary/aromatic N) is 2. The van der Waals surface area contributed by atoms with E-state index in [2.05, 4.69) is 10.3 Å². The maximum atomic E-state index is 13.7.